The number of carbonyl (C=O) groups is 1. The molecule has 3 fully saturated rings. The minimum Gasteiger partial charge on any atom is -0.378 e. The predicted molar refractivity (Wildman–Crippen MR) is 71.9 cm³/mol. The summed E-state index contributed by atoms with van der Waals surface area (Å²) >= 11 is 0. The van der Waals surface area contributed by atoms with Crippen molar-refractivity contribution in [2.24, 2.45) is 11.3 Å². The molecule has 1 heterocycles. The van der Waals surface area contributed by atoms with Crippen LogP contribution in [0.2, 0.25) is 0 Å². The third-order valence-corrected chi connectivity index (χ3v) is 4.91. The lowest BCUT2D eigenvalue weighted by Crippen LogP contribution is -2.69. The molecule has 0 aromatic carbocycles. The van der Waals surface area contributed by atoms with E-state index in [2.05, 4.69) is 17.6 Å². The number of amides is 1. The van der Waals surface area contributed by atoms with E-state index >= 15 is 0 Å². The van der Waals surface area contributed by atoms with Crippen LogP contribution in [0.25, 0.3) is 0 Å². The zero-order valence-electron chi connectivity index (χ0n) is 10.9. The maximum absolute atomic E-state index is 11.9. The van der Waals surface area contributed by atoms with E-state index in [0.717, 1.165) is 26.1 Å². The minimum absolute atomic E-state index is 0. The molecule has 3 rings (SSSR count). The Labute approximate surface area is 115 Å². The second-order valence-corrected chi connectivity index (χ2v) is 5.68. The molecular weight excluding hydrogens is 252 g/mol. The van der Waals surface area contributed by atoms with Gasteiger partial charge in [0.05, 0.1) is 12.0 Å². The van der Waals surface area contributed by atoms with E-state index in [9.17, 15) is 4.79 Å². The molecule has 2 atom stereocenters. The van der Waals surface area contributed by atoms with Crippen LogP contribution >= 0.6 is 12.4 Å². The van der Waals surface area contributed by atoms with Gasteiger partial charge in [-0.15, -0.1) is 12.4 Å². The van der Waals surface area contributed by atoms with E-state index in [1.807, 2.05) is 0 Å². The van der Waals surface area contributed by atoms with Gasteiger partial charge in [0.1, 0.15) is 0 Å². The maximum atomic E-state index is 11.9. The van der Waals surface area contributed by atoms with Crippen molar-refractivity contribution < 1.29 is 9.53 Å². The van der Waals surface area contributed by atoms with Crippen LogP contribution < -0.4 is 10.6 Å². The Morgan fingerprint density at radius 1 is 1.44 bits per heavy atom. The lowest BCUT2D eigenvalue weighted by atomic mass is 9.51. The molecule has 2 aliphatic carbocycles. The number of hydrogen-bond acceptors (Lipinski definition) is 3. The summed E-state index contributed by atoms with van der Waals surface area (Å²) in [5, 5.41) is 6.38. The van der Waals surface area contributed by atoms with E-state index < -0.39 is 0 Å². The van der Waals surface area contributed by atoms with Gasteiger partial charge < -0.3 is 15.4 Å². The summed E-state index contributed by atoms with van der Waals surface area (Å²) in [6.45, 7) is 4.54. The van der Waals surface area contributed by atoms with Crippen molar-refractivity contribution in [3.05, 3.63) is 0 Å². The van der Waals surface area contributed by atoms with Gasteiger partial charge in [-0.3, -0.25) is 4.79 Å². The van der Waals surface area contributed by atoms with Crippen molar-refractivity contribution in [2.75, 3.05) is 19.7 Å². The van der Waals surface area contributed by atoms with Crippen LogP contribution in [0.1, 0.15) is 32.6 Å². The largest absolute Gasteiger partial charge is 0.378 e. The van der Waals surface area contributed by atoms with Gasteiger partial charge >= 0.3 is 0 Å². The molecule has 4 nitrogen and oxygen atoms in total. The lowest BCUT2D eigenvalue weighted by molar-refractivity contribution is -0.177. The molecule has 2 saturated carbocycles. The third-order valence-electron chi connectivity index (χ3n) is 4.91. The van der Waals surface area contributed by atoms with E-state index in [4.69, 9.17) is 4.74 Å². The molecule has 1 spiro atoms. The Balaban J connectivity index is 0.00000120. The van der Waals surface area contributed by atoms with Gasteiger partial charge in [-0.25, -0.2) is 0 Å². The summed E-state index contributed by atoms with van der Waals surface area (Å²) in [4.78, 5) is 11.9. The second kappa shape index (κ2) is 5.35. The number of nitrogens with one attached hydrogen (secondary N) is 2. The van der Waals surface area contributed by atoms with Gasteiger partial charge in [-0.2, -0.15) is 0 Å². The molecule has 18 heavy (non-hydrogen) atoms. The standard InChI is InChI=1S/C13H22N2O2.ClH/c1-2-17-11-6-10(13(11)4-3-5-13)15-12(16)9-7-14-8-9;/h9-11,14H,2-8H2,1H3,(H,15,16);1H. The van der Waals surface area contributed by atoms with Crippen LogP contribution in [0, 0.1) is 11.3 Å². The van der Waals surface area contributed by atoms with Crippen LogP contribution in [-0.4, -0.2) is 37.7 Å². The van der Waals surface area contributed by atoms with Gasteiger partial charge in [0.15, 0.2) is 0 Å². The van der Waals surface area contributed by atoms with E-state index in [1.165, 1.54) is 19.3 Å². The van der Waals surface area contributed by atoms with Gasteiger partial charge in [0.25, 0.3) is 0 Å². The summed E-state index contributed by atoms with van der Waals surface area (Å²) < 4.78 is 5.78. The van der Waals surface area contributed by atoms with E-state index in [1.54, 1.807) is 0 Å². The fourth-order valence-corrected chi connectivity index (χ4v) is 3.40. The molecule has 0 bridgehead atoms. The molecule has 2 unspecified atom stereocenters. The molecule has 0 aromatic rings. The molecule has 104 valence electrons. The topological polar surface area (TPSA) is 50.4 Å². The highest BCUT2D eigenvalue weighted by molar-refractivity contribution is 5.85. The van der Waals surface area contributed by atoms with Crippen molar-refractivity contribution in [1.29, 1.82) is 0 Å². The Hall–Kier alpha value is -0.320. The van der Waals surface area contributed by atoms with Gasteiger partial charge in [0, 0.05) is 31.2 Å². The van der Waals surface area contributed by atoms with Crippen molar-refractivity contribution >= 4 is 18.3 Å². The number of ether oxygens (including phenoxy) is 1. The highest BCUT2D eigenvalue weighted by Gasteiger charge is 2.59. The van der Waals surface area contributed by atoms with Crippen LogP contribution in [0.5, 0.6) is 0 Å². The highest BCUT2D eigenvalue weighted by atomic mass is 35.5. The summed E-state index contributed by atoms with van der Waals surface area (Å²) in [6.07, 6.45) is 5.16. The van der Waals surface area contributed by atoms with Crippen molar-refractivity contribution in [2.45, 2.75) is 44.8 Å². The summed E-state index contributed by atoms with van der Waals surface area (Å²) in [5.74, 6) is 0.452. The maximum Gasteiger partial charge on any atom is 0.225 e. The quantitative estimate of drug-likeness (QED) is 0.807. The molecule has 2 N–H and O–H groups in total. The number of rotatable bonds is 4. The van der Waals surface area contributed by atoms with Crippen LogP contribution in [0.3, 0.4) is 0 Å². The van der Waals surface area contributed by atoms with Crippen LogP contribution in [-0.2, 0) is 9.53 Å². The first kappa shape index (κ1) is 14.1. The van der Waals surface area contributed by atoms with Gasteiger partial charge in [0.2, 0.25) is 5.91 Å². The van der Waals surface area contributed by atoms with Gasteiger partial charge in [-0.05, 0) is 26.2 Å². The average Bonchev–Trinajstić information content (AvgIpc) is 2.10. The molecular formula is C13H23ClN2O2. The number of halogens is 1. The lowest BCUT2D eigenvalue weighted by Gasteiger charge is -2.61. The summed E-state index contributed by atoms with van der Waals surface area (Å²) in [5.41, 5.74) is 0.294. The first-order valence-electron chi connectivity index (χ1n) is 6.89. The van der Waals surface area contributed by atoms with Crippen LogP contribution in [0.4, 0.5) is 0 Å². The molecule has 0 aromatic heterocycles. The molecule has 1 aliphatic heterocycles. The Kier molecular flexibility index (Phi) is 4.19. The van der Waals surface area contributed by atoms with Crippen molar-refractivity contribution in [3.63, 3.8) is 0 Å². The zero-order chi connectivity index (χ0) is 11.9. The average molecular weight is 275 g/mol. The number of carbonyl (C=O) groups excluding carboxylic acids is 1. The predicted octanol–water partition coefficient (Wildman–Crippen LogP) is 1.09. The minimum atomic E-state index is 0. The Bertz CT molecular complexity index is 316. The molecule has 5 heteroatoms. The second-order valence-electron chi connectivity index (χ2n) is 5.68. The smallest absolute Gasteiger partial charge is 0.225 e. The molecule has 1 saturated heterocycles. The zero-order valence-corrected chi connectivity index (χ0v) is 11.7. The molecule has 1 amide bonds. The Morgan fingerprint density at radius 3 is 2.61 bits per heavy atom. The fraction of sp³-hybridized carbons (Fsp3) is 0.923. The first-order chi connectivity index (χ1) is 8.26. The number of hydrogen-bond donors (Lipinski definition) is 2. The van der Waals surface area contributed by atoms with E-state index in [0.29, 0.717) is 17.6 Å². The molecule has 0 radical (unpaired) electrons. The van der Waals surface area contributed by atoms with Gasteiger partial charge in [-0.1, -0.05) is 6.42 Å². The van der Waals surface area contributed by atoms with E-state index in [-0.39, 0.29) is 24.2 Å². The first-order valence-corrected chi connectivity index (χ1v) is 6.89. The SMILES string of the molecule is CCOC1CC(NC(=O)C2CNC2)C12CCC2.Cl. The van der Waals surface area contributed by atoms with Crippen LogP contribution in [0.15, 0.2) is 0 Å². The van der Waals surface area contributed by atoms with Crippen molar-refractivity contribution in [3.8, 4) is 0 Å². The summed E-state index contributed by atoms with van der Waals surface area (Å²) in [7, 11) is 0. The highest BCUT2D eigenvalue weighted by Crippen LogP contribution is 2.57. The summed E-state index contributed by atoms with van der Waals surface area (Å²) in [6, 6.07) is 0.376. The monoisotopic (exact) mass is 274 g/mol. The molecule has 3 aliphatic rings. The normalized spacial score (nSPS) is 32.7. The Morgan fingerprint density at radius 2 is 2.17 bits per heavy atom. The third kappa shape index (κ3) is 2.04. The van der Waals surface area contributed by atoms with Crippen molar-refractivity contribution in [1.82, 2.24) is 10.6 Å². The fourth-order valence-electron chi connectivity index (χ4n) is 3.40.